The second-order valence-corrected chi connectivity index (χ2v) is 7.04. The summed E-state index contributed by atoms with van der Waals surface area (Å²) in [5.74, 6) is -0.313. The Kier molecular flexibility index (Phi) is 4.94. The molecule has 8 heteroatoms. The molecule has 0 bridgehead atoms. The van der Waals surface area contributed by atoms with E-state index in [0.29, 0.717) is 11.4 Å². The molecule has 2 amide bonds. The van der Waals surface area contributed by atoms with Crippen molar-refractivity contribution in [2.75, 3.05) is 10.6 Å². The first-order valence-electron chi connectivity index (χ1n) is 7.83. The van der Waals surface area contributed by atoms with Crippen molar-refractivity contribution >= 4 is 39.1 Å². The Morgan fingerprint density at radius 1 is 1.12 bits per heavy atom. The number of carbonyl (C=O) groups excluding carboxylic acids is 2. The fraction of sp³-hybridized carbons (Fsp3) is 0.167. The standard InChI is InChI=1S/C18H17BrN4O3/c1-18(2,23-11-12(19)10-20-23)17(25)22-14-7-5-13(6-8-14)21-16(24)15-4-3-9-26-15/h3-11H,1-2H3,(H,21,24)(H,22,25). The third-order valence-electron chi connectivity index (χ3n) is 3.83. The van der Waals surface area contributed by atoms with Crippen molar-refractivity contribution < 1.29 is 14.0 Å². The van der Waals surface area contributed by atoms with Crippen LogP contribution in [0, 0.1) is 0 Å². The molecule has 2 N–H and O–H groups in total. The SMILES string of the molecule is CC(C)(C(=O)Nc1ccc(NC(=O)c2ccco2)cc1)n1cc(Br)cn1. The summed E-state index contributed by atoms with van der Waals surface area (Å²) in [6.07, 6.45) is 4.81. The van der Waals surface area contributed by atoms with Gasteiger partial charge in [-0.05, 0) is 66.2 Å². The molecule has 0 aliphatic rings. The van der Waals surface area contributed by atoms with Gasteiger partial charge in [0.05, 0.1) is 16.9 Å². The second-order valence-electron chi connectivity index (χ2n) is 6.13. The molecule has 0 aliphatic carbocycles. The Bertz CT molecular complexity index is 914. The number of furan rings is 1. The summed E-state index contributed by atoms with van der Waals surface area (Å²) in [5.41, 5.74) is 0.350. The lowest BCUT2D eigenvalue weighted by Crippen LogP contribution is -2.40. The first-order chi connectivity index (χ1) is 12.4. The zero-order valence-electron chi connectivity index (χ0n) is 14.2. The van der Waals surface area contributed by atoms with Crippen molar-refractivity contribution in [1.29, 1.82) is 0 Å². The number of carbonyl (C=O) groups is 2. The van der Waals surface area contributed by atoms with Crippen LogP contribution in [-0.4, -0.2) is 21.6 Å². The van der Waals surface area contributed by atoms with Crippen LogP contribution in [0.1, 0.15) is 24.4 Å². The van der Waals surface area contributed by atoms with Gasteiger partial charge in [-0.2, -0.15) is 5.10 Å². The monoisotopic (exact) mass is 416 g/mol. The minimum Gasteiger partial charge on any atom is -0.459 e. The van der Waals surface area contributed by atoms with Gasteiger partial charge < -0.3 is 15.1 Å². The molecule has 0 atom stereocenters. The smallest absolute Gasteiger partial charge is 0.291 e. The van der Waals surface area contributed by atoms with Gasteiger partial charge in [0, 0.05) is 17.6 Å². The minimum atomic E-state index is -0.863. The number of benzene rings is 1. The third-order valence-corrected chi connectivity index (χ3v) is 4.23. The molecule has 2 aromatic heterocycles. The number of nitrogens with zero attached hydrogens (tertiary/aromatic N) is 2. The van der Waals surface area contributed by atoms with E-state index in [0.717, 1.165) is 4.47 Å². The zero-order valence-corrected chi connectivity index (χ0v) is 15.8. The fourth-order valence-electron chi connectivity index (χ4n) is 2.23. The summed E-state index contributed by atoms with van der Waals surface area (Å²) >= 11 is 3.33. The topological polar surface area (TPSA) is 89.2 Å². The number of aromatic nitrogens is 2. The minimum absolute atomic E-state index is 0.208. The molecule has 3 rings (SSSR count). The Hall–Kier alpha value is -2.87. The number of amides is 2. The highest BCUT2D eigenvalue weighted by molar-refractivity contribution is 9.10. The average molecular weight is 417 g/mol. The molecule has 0 fully saturated rings. The summed E-state index contributed by atoms with van der Waals surface area (Å²) in [6.45, 7) is 3.56. The van der Waals surface area contributed by atoms with Crippen LogP contribution in [0.4, 0.5) is 11.4 Å². The normalized spacial score (nSPS) is 11.2. The van der Waals surface area contributed by atoms with Gasteiger partial charge in [0.25, 0.3) is 11.8 Å². The number of rotatable bonds is 5. The van der Waals surface area contributed by atoms with E-state index in [-0.39, 0.29) is 17.6 Å². The summed E-state index contributed by atoms with van der Waals surface area (Å²) in [5, 5.41) is 9.74. The third kappa shape index (κ3) is 3.85. The van der Waals surface area contributed by atoms with Crippen LogP contribution in [-0.2, 0) is 10.3 Å². The van der Waals surface area contributed by atoms with Crippen LogP contribution in [0.25, 0.3) is 0 Å². The fourth-order valence-corrected chi connectivity index (χ4v) is 2.52. The van der Waals surface area contributed by atoms with E-state index >= 15 is 0 Å². The molecule has 7 nitrogen and oxygen atoms in total. The van der Waals surface area contributed by atoms with Crippen molar-refractivity contribution in [2.45, 2.75) is 19.4 Å². The van der Waals surface area contributed by atoms with Crippen LogP contribution in [0.5, 0.6) is 0 Å². The molecular formula is C18H17BrN4O3. The van der Waals surface area contributed by atoms with E-state index in [2.05, 4.69) is 31.7 Å². The van der Waals surface area contributed by atoms with Crippen molar-refractivity contribution in [3.8, 4) is 0 Å². The van der Waals surface area contributed by atoms with Crippen LogP contribution >= 0.6 is 15.9 Å². The average Bonchev–Trinajstić information content (AvgIpc) is 3.28. The van der Waals surface area contributed by atoms with Gasteiger partial charge in [-0.25, -0.2) is 0 Å². The van der Waals surface area contributed by atoms with Crippen LogP contribution in [0.3, 0.4) is 0 Å². The lowest BCUT2D eigenvalue weighted by molar-refractivity contribution is -0.123. The van der Waals surface area contributed by atoms with E-state index in [1.54, 1.807) is 67.3 Å². The molecule has 1 aromatic carbocycles. The molecule has 0 saturated carbocycles. The molecule has 0 aliphatic heterocycles. The predicted molar refractivity (Wildman–Crippen MR) is 101 cm³/mol. The molecular weight excluding hydrogens is 400 g/mol. The number of hydrogen-bond acceptors (Lipinski definition) is 4. The molecule has 0 radical (unpaired) electrons. The first kappa shape index (κ1) is 17.9. The van der Waals surface area contributed by atoms with Gasteiger partial charge in [-0.1, -0.05) is 0 Å². The van der Waals surface area contributed by atoms with E-state index < -0.39 is 5.54 Å². The van der Waals surface area contributed by atoms with Crippen LogP contribution < -0.4 is 10.6 Å². The van der Waals surface area contributed by atoms with Gasteiger partial charge >= 0.3 is 0 Å². The maximum atomic E-state index is 12.6. The molecule has 134 valence electrons. The van der Waals surface area contributed by atoms with Crippen molar-refractivity contribution in [2.24, 2.45) is 0 Å². The number of hydrogen-bond donors (Lipinski definition) is 2. The van der Waals surface area contributed by atoms with E-state index in [4.69, 9.17) is 4.42 Å². The molecule has 0 unspecified atom stereocenters. The Labute approximate surface area is 158 Å². The molecule has 0 spiro atoms. The van der Waals surface area contributed by atoms with Gasteiger partial charge in [0.2, 0.25) is 0 Å². The van der Waals surface area contributed by atoms with E-state index in [9.17, 15) is 9.59 Å². The quantitative estimate of drug-likeness (QED) is 0.660. The molecule has 26 heavy (non-hydrogen) atoms. The summed E-state index contributed by atoms with van der Waals surface area (Å²) < 4.78 is 7.43. The van der Waals surface area contributed by atoms with Crippen LogP contribution in [0.2, 0.25) is 0 Å². The first-order valence-corrected chi connectivity index (χ1v) is 8.62. The lowest BCUT2D eigenvalue weighted by Gasteiger charge is -2.24. The van der Waals surface area contributed by atoms with Crippen molar-refractivity contribution in [1.82, 2.24) is 9.78 Å². The Morgan fingerprint density at radius 2 is 1.77 bits per heavy atom. The summed E-state index contributed by atoms with van der Waals surface area (Å²) in [6, 6.07) is 10.1. The number of halogens is 1. The molecule has 0 saturated heterocycles. The van der Waals surface area contributed by atoms with E-state index in [1.165, 1.54) is 6.26 Å². The molecule has 2 heterocycles. The van der Waals surface area contributed by atoms with Crippen molar-refractivity contribution in [3.05, 3.63) is 65.3 Å². The highest BCUT2D eigenvalue weighted by Crippen LogP contribution is 2.21. The summed E-state index contributed by atoms with van der Waals surface area (Å²) in [7, 11) is 0. The summed E-state index contributed by atoms with van der Waals surface area (Å²) in [4.78, 5) is 24.5. The maximum Gasteiger partial charge on any atom is 0.291 e. The highest BCUT2D eigenvalue weighted by Gasteiger charge is 2.30. The zero-order chi connectivity index (χ0) is 18.7. The van der Waals surface area contributed by atoms with Gasteiger partial charge in [-0.15, -0.1) is 0 Å². The van der Waals surface area contributed by atoms with Crippen LogP contribution in [0.15, 0.2) is 63.9 Å². The second kappa shape index (κ2) is 7.17. The number of anilines is 2. The van der Waals surface area contributed by atoms with Crippen molar-refractivity contribution in [3.63, 3.8) is 0 Å². The largest absolute Gasteiger partial charge is 0.459 e. The lowest BCUT2D eigenvalue weighted by atomic mass is 10.0. The molecule has 3 aromatic rings. The Morgan fingerprint density at radius 3 is 2.31 bits per heavy atom. The number of nitrogens with one attached hydrogen (secondary N) is 2. The van der Waals surface area contributed by atoms with Gasteiger partial charge in [0.15, 0.2) is 5.76 Å². The van der Waals surface area contributed by atoms with Gasteiger partial charge in [0.1, 0.15) is 5.54 Å². The Balaban J connectivity index is 1.65. The van der Waals surface area contributed by atoms with Gasteiger partial charge in [-0.3, -0.25) is 14.3 Å². The predicted octanol–water partition coefficient (Wildman–Crippen LogP) is 3.86. The highest BCUT2D eigenvalue weighted by atomic mass is 79.9. The maximum absolute atomic E-state index is 12.6. The van der Waals surface area contributed by atoms with E-state index in [1.807, 2.05) is 0 Å².